The third-order valence-corrected chi connectivity index (χ3v) is 11.2. The first-order chi connectivity index (χ1) is 27.9. The molecule has 6 aromatic carbocycles. The van der Waals surface area contributed by atoms with Crippen molar-refractivity contribution in [2.75, 3.05) is 6.54 Å². The summed E-state index contributed by atoms with van der Waals surface area (Å²) in [5.74, 6) is -0.589. The third-order valence-electron chi connectivity index (χ3n) is 11.2. The topological polar surface area (TPSA) is 37.8 Å². The summed E-state index contributed by atoms with van der Waals surface area (Å²) in [5, 5.41) is 6.60. The van der Waals surface area contributed by atoms with E-state index in [2.05, 4.69) is 97.7 Å². The molecule has 1 aliphatic heterocycles. The van der Waals surface area contributed by atoms with Crippen LogP contribution in [0.15, 0.2) is 158 Å². The first-order valence-electron chi connectivity index (χ1n) is 19.1. The number of hydrogen-bond donors (Lipinski definition) is 1. The van der Waals surface area contributed by atoms with Crippen LogP contribution < -0.4 is 5.32 Å². The molecule has 0 amide bonds. The fourth-order valence-electron chi connectivity index (χ4n) is 8.50. The van der Waals surface area contributed by atoms with E-state index in [9.17, 15) is 8.78 Å². The van der Waals surface area contributed by atoms with Gasteiger partial charge in [-0.3, -0.25) is 4.98 Å². The van der Waals surface area contributed by atoms with Crippen molar-refractivity contribution in [1.29, 1.82) is 0 Å². The average Bonchev–Trinajstić information content (AvgIpc) is 3.43. The van der Waals surface area contributed by atoms with Crippen molar-refractivity contribution in [1.82, 2.24) is 15.3 Å². The lowest BCUT2D eigenvalue weighted by molar-refractivity contribution is 0.627. The molecule has 0 bridgehead atoms. The Morgan fingerprint density at radius 1 is 0.632 bits per heavy atom. The van der Waals surface area contributed by atoms with Gasteiger partial charge in [0, 0.05) is 51.5 Å². The molecule has 0 spiro atoms. The van der Waals surface area contributed by atoms with E-state index >= 15 is 0 Å². The van der Waals surface area contributed by atoms with Gasteiger partial charge >= 0.3 is 0 Å². The van der Waals surface area contributed by atoms with Crippen molar-refractivity contribution < 1.29 is 8.78 Å². The van der Waals surface area contributed by atoms with Crippen LogP contribution in [0, 0.1) is 25.5 Å². The van der Waals surface area contributed by atoms with Crippen LogP contribution in [0.5, 0.6) is 0 Å². The molecule has 0 unspecified atom stereocenters. The van der Waals surface area contributed by atoms with Gasteiger partial charge in [-0.05, 0) is 154 Å². The Hall–Kier alpha value is -7.20. The van der Waals surface area contributed by atoms with E-state index in [1.165, 1.54) is 24.3 Å². The van der Waals surface area contributed by atoms with Crippen LogP contribution in [0.3, 0.4) is 0 Å². The van der Waals surface area contributed by atoms with E-state index in [4.69, 9.17) is 9.97 Å². The highest BCUT2D eigenvalue weighted by atomic mass is 19.1. The summed E-state index contributed by atoms with van der Waals surface area (Å²) < 4.78 is 28.8. The maximum atomic E-state index is 14.5. The fourth-order valence-corrected chi connectivity index (χ4v) is 8.50. The zero-order valence-corrected chi connectivity index (χ0v) is 31.4. The van der Waals surface area contributed by atoms with Gasteiger partial charge in [-0.2, -0.15) is 0 Å². The Kier molecular flexibility index (Phi) is 8.32. The molecule has 2 aromatic heterocycles. The molecule has 5 heteroatoms. The standard InChI is InChI=1S/C52H35F2N3/c1-31-48-43(34-13-19-40(53)20-14-34)23-17-33-9-3-4-10-42(33)49(48)32(2)51-50(31)44-24-18-36(30-47(44)57-52(51)35-15-21-41(54)22-16-35)37-27-38(45-11-5-7-25-55-45)29-39(28-37)46-12-6-8-26-56-46/h3-22,24-25,27-30,56H,26H2,1-2H3. The van der Waals surface area contributed by atoms with Gasteiger partial charge in [0.2, 0.25) is 0 Å². The van der Waals surface area contributed by atoms with Gasteiger partial charge in [0.15, 0.2) is 0 Å². The summed E-state index contributed by atoms with van der Waals surface area (Å²) in [4.78, 5) is 10.2. The number of benzene rings is 6. The largest absolute Gasteiger partial charge is 0.381 e. The molecular weight excluding hydrogens is 705 g/mol. The minimum absolute atomic E-state index is 0.287. The van der Waals surface area contributed by atoms with Crippen molar-refractivity contribution >= 4 is 39.0 Å². The molecule has 1 N–H and O–H groups in total. The van der Waals surface area contributed by atoms with Gasteiger partial charge in [-0.15, -0.1) is 5.73 Å². The van der Waals surface area contributed by atoms with Gasteiger partial charge in [-0.1, -0.05) is 66.7 Å². The SMILES string of the molecule is Cc1c2c(c(C)c3c1c(-c1ccc(F)cc1)nc1cc(-c4cc(C5=CC=CCN5)cc(-c5ccccn5)c4)ccc13)C(c1ccc(F)cc1)=C=Cc1ccccc1-2. The number of nitrogens with zero attached hydrogens (tertiary/aromatic N) is 2. The normalized spacial score (nSPS) is 13.1. The number of hydrogen-bond acceptors (Lipinski definition) is 3. The molecule has 10 rings (SSSR count). The number of dihydropyridines is 1. The second kappa shape index (κ2) is 13.8. The second-order valence-corrected chi connectivity index (χ2v) is 14.6. The van der Waals surface area contributed by atoms with Gasteiger partial charge in [-0.25, -0.2) is 13.8 Å². The van der Waals surface area contributed by atoms with Gasteiger partial charge in [0.05, 0.1) is 16.9 Å². The van der Waals surface area contributed by atoms with E-state index in [1.807, 2.05) is 60.8 Å². The summed E-state index contributed by atoms with van der Waals surface area (Å²) in [6, 6.07) is 40.7. The minimum Gasteiger partial charge on any atom is -0.381 e. The number of rotatable bonds is 5. The summed E-state index contributed by atoms with van der Waals surface area (Å²) in [7, 11) is 0. The van der Waals surface area contributed by atoms with E-state index in [0.29, 0.717) is 0 Å². The van der Waals surface area contributed by atoms with Crippen LogP contribution in [-0.4, -0.2) is 16.5 Å². The molecule has 8 aromatic rings. The maximum Gasteiger partial charge on any atom is 0.123 e. The van der Waals surface area contributed by atoms with Crippen molar-refractivity contribution in [3.8, 4) is 44.8 Å². The van der Waals surface area contributed by atoms with Crippen LogP contribution in [0.1, 0.15) is 33.4 Å². The molecule has 0 fully saturated rings. The van der Waals surface area contributed by atoms with Crippen molar-refractivity contribution in [2.24, 2.45) is 0 Å². The maximum absolute atomic E-state index is 14.5. The molecule has 1 aliphatic carbocycles. The highest BCUT2D eigenvalue weighted by Gasteiger charge is 2.27. The minimum atomic E-state index is -0.302. The lowest BCUT2D eigenvalue weighted by Crippen LogP contribution is -2.14. The first kappa shape index (κ1) is 34.3. The van der Waals surface area contributed by atoms with Crippen molar-refractivity contribution in [3.63, 3.8) is 0 Å². The van der Waals surface area contributed by atoms with Crippen LogP contribution >= 0.6 is 0 Å². The second-order valence-electron chi connectivity index (χ2n) is 14.6. The average molecular weight is 740 g/mol. The van der Waals surface area contributed by atoms with E-state index in [-0.39, 0.29) is 11.6 Å². The number of nitrogens with one attached hydrogen (secondary N) is 1. The molecular formula is C52H35F2N3. The molecule has 0 radical (unpaired) electrons. The zero-order valence-electron chi connectivity index (χ0n) is 31.4. The van der Waals surface area contributed by atoms with Gasteiger partial charge in [0.1, 0.15) is 11.6 Å². The molecule has 3 heterocycles. The molecule has 0 saturated carbocycles. The first-order valence-corrected chi connectivity index (χ1v) is 19.1. The Morgan fingerprint density at radius 3 is 2.09 bits per heavy atom. The smallest absolute Gasteiger partial charge is 0.123 e. The Morgan fingerprint density at radius 2 is 1.33 bits per heavy atom. The number of pyridine rings is 2. The Labute approximate surface area is 329 Å². The molecule has 57 heavy (non-hydrogen) atoms. The van der Waals surface area contributed by atoms with Gasteiger partial charge < -0.3 is 5.32 Å². The Balaban J connectivity index is 1.28. The summed E-state index contributed by atoms with van der Waals surface area (Å²) in [5.41, 5.74) is 20.3. The molecule has 2 aliphatic rings. The molecule has 3 nitrogen and oxygen atoms in total. The van der Waals surface area contributed by atoms with E-state index in [0.717, 1.165) is 118 Å². The highest BCUT2D eigenvalue weighted by molar-refractivity contribution is 6.18. The Bertz CT molecular complexity index is 3060. The monoisotopic (exact) mass is 739 g/mol. The number of fused-ring (bicyclic) bond motifs is 6. The predicted octanol–water partition coefficient (Wildman–Crippen LogP) is 12.9. The van der Waals surface area contributed by atoms with Crippen molar-refractivity contribution in [2.45, 2.75) is 13.8 Å². The van der Waals surface area contributed by atoms with Crippen LogP contribution in [-0.2, 0) is 0 Å². The molecule has 0 saturated heterocycles. The number of aromatic nitrogens is 2. The van der Waals surface area contributed by atoms with Crippen LogP contribution in [0.2, 0.25) is 0 Å². The van der Waals surface area contributed by atoms with Crippen LogP contribution in [0.25, 0.3) is 83.8 Å². The lowest BCUT2D eigenvalue weighted by Gasteiger charge is -2.24. The number of aryl methyl sites for hydroxylation is 2. The van der Waals surface area contributed by atoms with E-state index < -0.39 is 0 Å². The summed E-state index contributed by atoms with van der Waals surface area (Å²) >= 11 is 0. The highest BCUT2D eigenvalue weighted by Crippen LogP contribution is 2.48. The lowest BCUT2D eigenvalue weighted by atomic mass is 9.80. The predicted molar refractivity (Wildman–Crippen MR) is 230 cm³/mol. The summed E-state index contributed by atoms with van der Waals surface area (Å²) in [6.07, 6.45) is 10.1. The van der Waals surface area contributed by atoms with Gasteiger partial charge in [0.25, 0.3) is 0 Å². The molecule has 0 atom stereocenters. The van der Waals surface area contributed by atoms with E-state index in [1.54, 1.807) is 0 Å². The molecule has 272 valence electrons. The number of halogens is 2. The summed E-state index contributed by atoms with van der Waals surface area (Å²) in [6.45, 7) is 5.09. The zero-order chi connectivity index (χ0) is 38.6. The number of allylic oxidation sites excluding steroid dienone is 2. The van der Waals surface area contributed by atoms with Crippen LogP contribution in [0.4, 0.5) is 8.78 Å². The fraction of sp³-hybridized carbons (Fsp3) is 0.0577. The van der Waals surface area contributed by atoms with Crippen molar-refractivity contribution in [3.05, 3.63) is 203 Å². The third kappa shape index (κ3) is 5.97. The quantitative estimate of drug-likeness (QED) is 0.141.